The Balaban J connectivity index is 2.00. The van der Waals surface area contributed by atoms with Gasteiger partial charge in [0.05, 0.1) is 11.1 Å². The zero-order valence-corrected chi connectivity index (χ0v) is 11.7. The second-order valence-corrected chi connectivity index (χ2v) is 5.73. The van der Waals surface area contributed by atoms with Gasteiger partial charge in [-0.05, 0) is 24.3 Å². The molecule has 2 N–H and O–H groups in total. The van der Waals surface area contributed by atoms with Gasteiger partial charge in [0, 0.05) is 18.5 Å². The Morgan fingerprint density at radius 1 is 1.58 bits per heavy atom. The van der Waals surface area contributed by atoms with E-state index in [0.29, 0.717) is 25.9 Å². The van der Waals surface area contributed by atoms with Crippen molar-refractivity contribution < 1.29 is 14.7 Å². The summed E-state index contributed by atoms with van der Waals surface area (Å²) < 4.78 is 0. The molecule has 19 heavy (non-hydrogen) atoms. The third-order valence-corrected chi connectivity index (χ3v) is 4.28. The summed E-state index contributed by atoms with van der Waals surface area (Å²) in [6, 6.07) is 1.62. The summed E-state index contributed by atoms with van der Waals surface area (Å²) in [4.78, 5) is 25.1. The van der Waals surface area contributed by atoms with Crippen molar-refractivity contribution in [1.82, 2.24) is 4.90 Å². The highest BCUT2D eigenvalue weighted by Crippen LogP contribution is 2.35. The molecule has 0 aliphatic carbocycles. The monoisotopic (exact) mass is 282 g/mol. The normalized spacial score (nSPS) is 22.5. The van der Waals surface area contributed by atoms with E-state index in [0.717, 1.165) is 12.1 Å². The minimum Gasteiger partial charge on any atom is -0.481 e. The number of carboxylic acid groups (broad SMARTS) is 1. The fourth-order valence-corrected chi connectivity index (χ4v) is 3.14. The van der Waals surface area contributed by atoms with Crippen LogP contribution in [0.3, 0.4) is 0 Å². The van der Waals surface area contributed by atoms with Gasteiger partial charge in [-0.15, -0.1) is 0 Å². The van der Waals surface area contributed by atoms with Crippen molar-refractivity contribution >= 4 is 29.0 Å². The number of nitrogens with one attached hydrogen (secondary N) is 1. The lowest BCUT2D eigenvalue weighted by atomic mass is 9.83. The van der Waals surface area contributed by atoms with Crippen LogP contribution in [0.4, 0.5) is 10.5 Å². The molecule has 0 bridgehead atoms. The first kappa shape index (κ1) is 13.9. The first-order chi connectivity index (χ1) is 9.07. The molecule has 1 aliphatic rings. The van der Waals surface area contributed by atoms with Crippen molar-refractivity contribution in [3.05, 3.63) is 16.8 Å². The van der Waals surface area contributed by atoms with E-state index >= 15 is 0 Å². The number of anilines is 1. The molecule has 1 atom stereocenters. The van der Waals surface area contributed by atoms with Crippen LogP contribution in [0.25, 0.3) is 0 Å². The molecule has 1 unspecified atom stereocenters. The van der Waals surface area contributed by atoms with Gasteiger partial charge in [0.1, 0.15) is 0 Å². The maximum absolute atomic E-state index is 12.1. The Kier molecular flexibility index (Phi) is 4.09. The number of likely N-dealkylation sites (tertiary alicyclic amines) is 1. The Hall–Kier alpha value is -1.56. The van der Waals surface area contributed by atoms with Crippen molar-refractivity contribution in [2.75, 3.05) is 18.4 Å². The SMILES string of the molecule is CCCC1(C(=O)O)CCN(C(=O)Nc2ccsc2)C1. The largest absolute Gasteiger partial charge is 0.481 e. The number of hydrogen-bond donors (Lipinski definition) is 2. The van der Waals surface area contributed by atoms with E-state index in [1.165, 1.54) is 11.3 Å². The Labute approximate surface area is 116 Å². The standard InChI is InChI=1S/C13H18N2O3S/c1-2-4-13(11(16)17)5-6-15(9-13)12(18)14-10-3-7-19-8-10/h3,7-8H,2,4-6,9H2,1H3,(H,14,18)(H,16,17). The second kappa shape index (κ2) is 5.61. The van der Waals surface area contributed by atoms with Crippen molar-refractivity contribution in [2.45, 2.75) is 26.2 Å². The highest BCUT2D eigenvalue weighted by atomic mass is 32.1. The fourth-order valence-electron chi connectivity index (χ4n) is 2.55. The zero-order valence-electron chi connectivity index (χ0n) is 10.9. The topological polar surface area (TPSA) is 69.6 Å². The first-order valence-corrected chi connectivity index (χ1v) is 7.33. The predicted molar refractivity (Wildman–Crippen MR) is 74.5 cm³/mol. The molecular weight excluding hydrogens is 264 g/mol. The summed E-state index contributed by atoms with van der Waals surface area (Å²) in [5.74, 6) is -0.791. The summed E-state index contributed by atoms with van der Waals surface area (Å²) >= 11 is 1.51. The van der Waals surface area contributed by atoms with Gasteiger partial charge >= 0.3 is 12.0 Å². The zero-order chi connectivity index (χ0) is 13.9. The molecule has 2 heterocycles. The number of carbonyl (C=O) groups excluding carboxylic acids is 1. The lowest BCUT2D eigenvalue weighted by Crippen LogP contribution is -2.38. The van der Waals surface area contributed by atoms with Crippen LogP contribution < -0.4 is 5.32 Å². The van der Waals surface area contributed by atoms with Crippen LogP contribution in [0.15, 0.2) is 16.8 Å². The van der Waals surface area contributed by atoms with Crippen LogP contribution >= 0.6 is 11.3 Å². The Morgan fingerprint density at radius 3 is 2.95 bits per heavy atom. The van der Waals surface area contributed by atoms with Crippen LogP contribution in [-0.2, 0) is 4.79 Å². The third-order valence-electron chi connectivity index (χ3n) is 3.60. The van der Waals surface area contributed by atoms with Gasteiger partial charge in [0.2, 0.25) is 0 Å². The molecule has 0 radical (unpaired) electrons. The fraction of sp³-hybridized carbons (Fsp3) is 0.538. The average molecular weight is 282 g/mol. The number of thiophene rings is 1. The molecule has 1 saturated heterocycles. The highest BCUT2D eigenvalue weighted by molar-refractivity contribution is 7.08. The molecule has 6 heteroatoms. The highest BCUT2D eigenvalue weighted by Gasteiger charge is 2.45. The lowest BCUT2D eigenvalue weighted by molar-refractivity contribution is -0.148. The van der Waals surface area contributed by atoms with E-state index in [-0.39, 0.29) is 6.03 Å². The van der Waals surface area contributed by atoms with E-state index < -0.39 is 11.4 Å². The number of carboxylic acids is 1. The van der Waals surface area contributed by atoms with Crippen LogP contribution in [-0.4, -0.2) is 35.1 Å². The summed E-state index contributed by atoms with van der Waals surface area (Å²) in [7, 11) is 0. The Morgan fingerprint density at radius 2 is 2.37 bits per heavy atom. The lowest BCUT2D eigenvalue weighted by Gasteiger charge is -2.24. The average Bonchev–Trinajstić information content (AvgIpc) is 2.99. The van der Waals surface area contributed by atoms with Gasteiger partial charge < -0.3 is 15.3 Å². The summed E-state index contributed by atoms with van der Waals surface area (Å²) in [5.41, 5.74) is -0.000828. The van der Waals surface area contributed by atoms with Crippen molar-refractivity contribution in [2.24, 2.45) is 5.41 Å². The molecule has 1 aromatic rings. The van der Waals surface area contributed by atoms with E-state index in [9.17, 15) is 14.7 Å². The Bertz CT molecular complexity index is 460. The van der Waals surface area contributed by atoms with Gasteiger partial charge in [-0.3, -0.25) is 4.79 Å². The third kappa shape index (κ3) is 2.89. The molecule has 2 rings (SSSR count). The molecule has 0 aromatic carbocycles. The number of carbonyl (C=O) groups is 2. The predicted octanol–water partition coefficient (Wildman–Crippen LogP) is 2.86. The number of nitrogens with zero attached hydrogens (tertiary/aromatic N) is 1. The number of amides is 2. The molecular formula is C13H18N2O3S. The van der Waals surface area contributed by atoms with Gasteiger partial charge in [-0.2, -0.15) is 11.3 Å². The maximum Gasteiger partial charge on any atom is 0.321 e. The van der Waals surface area contributed by atoms with Gasteiger partial charge in [-0.25, -0.2) is 4.79 Å². The second-order valence-electron chi connectivity index (χ2n) is 4.95. The minimum atomic E-state index is -0.791. The molecule has 0 saturated carbocycles. The summed E-state index contributed by atoms with van der Waals surface area (Å²) in [6.45, 7) is 2.77. The van der Waals surface area contributed by atoms with Gasteiger partial charge in [0.15, 0.2) is 0 Å². The molecule has 1 fully saturated rings. The van der Waals surface area contributed by atoms with E-state index in [2.05, 4.69) is 5.32 Å². The van der Waals surface area contributed by atoms with E-state index in [1.807, 2.05) is 23.8 Å². The molecule has 104 valence electrons. The van der Waals surface area contributed by atoms with Crippen molar-refractivity contribution in [3.8, 4) is 0 Å². The summed E-state index contributed by atoms with van der Waals surface area (Å²) in [6.07, 6.45) is 1.96. The molecule has 5 nitrogen and oxygen atoms in total. The number of urea groups is 1. The van der Waals surface area contributed by atoms with E-state index in [1.54, 1.807) is 4.90 Å². The van der Waals surface area contributed by atoms with Crippen LogP contribution in [0.5, 0.6) is 0 Å². The summed E-state index contributed by atoms with van der Waals surface area (Å²) in [5, 5.41) is 15.9. The van der Waals surface area contributed by atoms with Gasteiger partial charge in [0.25, 0.3) is 0 Å². The number of aliphatic carboxylic acids is 1. The van der Waals surface area contributed by atoms with Crippen molar-refractivity contribution in [1.29, 1.82) is 0 Å². The molecule has 0 spiro atoms. The first-order valence-electron chi connectivity index (χ1n) is 6.39. The van der Waals surface area contributed by atoms with Crippen LogP contribution in [0.2, 0.25) is 0 Å². The molecule has 2 amide bonds. The molecule has 1 aliphatic heterocycles. The van der Waals surface area contributed by atoms with Crippen molar-refractivity contribution in [3.63, 3.8) is 0 Å². The van der Waals surface area contributed by atoms with E-state index in [4.69, 9.17) is 0 Å². The van der Waals surface area contributed by atoms with Crippen LogP contribution in [0.1, 0.15) is 26.2 Å². The van der Waals surface area contributed by atoms with Crippen LogP contribution in [0, 0.1) is 5.41 Å². The smallest absolute Gasteiger partial charge is 0.321 e. The minimum absolute atomic E-state index is 0.211. The number of hydrogen-bond acceptors (Lipinski definition) is 3. The van der Waals surface area contributed by atoms with Gasteiger partial charge in [-0.1, -0.05) is 13.3 Å². The quantitative estimate of drug-likeness (QED) is 0.892. The number of rotatable bonds is 4. The maximum atomic E-state index is 12.1. The molecule has 1 aromatic heterocycles.